The Hall–Kier alpha value is -2.58. The van der Waals surface area contributed by atoms with Gasteiger partial charge in [0.15, 0.2) is 0 Å². The Morgan fingerprint density at radius 1 is 1.00 bits per heavy atom. The molecule has 0 unspecified atom stereocenters. The Bertz CT molecular complexity index is 953. The highest BCUT2D eigenvalue weighted by Gasteiger charge is 2.16. The summed E-state index contributed by atoms with van der Waals surface area (Å²) in [4.78, 5) is 12.2. The SMILES string of the molecule is C=Cc1cc(Cl)c(C(=O)OCC)cc1-c1cccc2ccccc12.CCCC. The number of rotatable bonds is 5. The predicted octanol–water partition coefficient (Wildman–Crippen LogP) is 7.79. The van der Waals surface area contributed by atoms with Crippen molar-refractivity contribution >= 4 is 34.4 Å². The Morgan fingerprint density at radius 2 is 1.68 bits per heavy atom. The van der Waals surface area contributed by atoms with Crippen LogP contribution in [0.4, 0.5) is 0 Å². The second-order valence-electron chi connectivity index (χ2n) is 6.37. The summed E-state index contributed by atoms with van der Waals surface area (Å²) < 4.78 is 5.11. The van der Waals surface area contributed by atoms with E-state index in [2.05, 4.69) is 38.6 Å². The highest BCUT2D eigenvalue weighted by molar-refractivity contribution is 6.34. The lowest BCUT2D eigenvalue weighted by molar-refractivity contribution is 0.0526. The molecule has 0 bridgehead atoms. The zero-order valence-corrected chi connectivity index (χ0v) is 17.6. The van der Waals surface area contributed by atoms with E-state index in [4.69, 9.17) is 16.3 Å². The number of halogens is 1. The third kappa shape index (κ3) is 5.02. The normalized spacial score (nSPS) is 10.1. The van der Waals surface area contributed by atoms with Crippen LogP contribution >= 0.6 is 11.6 Å². The molecule has 3 aromatic rings. The summed E-state index contributed by atoms with van der Waals surface area (Å²) in [6.45, 7) is 10.3. The summed E-state index contributed by atoms with van der Waals surface area (Å²) in [6.07, 6.45) is 4.39. The number of esters is 1. The van der Waals surface area contributed by atoms with Gasteiger partial charge in [-0.1, -0.05) is 93.4 Å². The number of hydrogen-bond donors (Lipinski definition) is 0. The summed E-state index contributed by atoms with van der Waals surface area (Å²) >= 11 is 6.27. The van der Waals surface area contributed by atoms with Gasteiger partial charge in [-0.25, -0.2) is 4.79 Å². The minimum Gasteiger partial charge on any atom is -0.462 e. The standard InChI is InChI=1S/C21H17ClO2.C4H10/c1-3-14-12-20(22)19(21(23)24-4-2)13-18(14)17-11-7-9-15-8-5-6-10-16(15)17;1-3-4-2/h3,5-13H,1,4H2,2H3;3-4H2,1-2H3. The topological polar surface area (TPSA) is 26.3 Å². The highest BCUT2D eigenvalue weighted by Crippen LogP contribution is 2.35. The van der Waals surface area contributed by atoms with Gasteiger partial charge >= 0.3 is 5.97 Å². The molecule has 0 aromatic heterocycles. The maximum Gasteiger partial charge on any atom is 0.339 e. The van der Waals surface area contributed by atoms with Crippen LogP contribution in [0.25, 0.3) is 28.0 Å². The minimum absolute atomic E-state index is 0.308. The molecule has 0 radical (unpaired) electrons. The molecule has 0 heterocycles. The molecular weight excluding hydrogens is 368 g/mol. The van der Waals surface area contributed by atoms with Gasteiger partial charge in [-0.3, -0.25) is 0 Å². The Labute approximate surface area is 172 Å². The summed E-state index contributed by atoms with van der Waals surface area (Å²) in [6, 6.07) is 17.8. The van der Waals surface area contributed by atoms with Crippen molar-refractivity contribution in [3.05, 3.63) is 77.3 Å². The summed E-state index contributed by atoms with van der Waals surface area (Å²) in [5, 5.41) is 2.62. The van der Waals surface area contributed by atoms with E-state index in [1.165, 1.54) is 12.8 Å². The molecule has 3 heteroatoms. The van der Waals surface area contributed by atoms with Crippen LogP contribution in [-0.2, 0) is 4.74 Å². The van der Waals surface area contributed by atoms with Crippen LogP contribution in [-0.4, -0.2) is 12.6 Å². The molecule has 0 aliphatic carbocycles. The third-order valence-corrected chi connectivity index (χ3v) is 4.75. The fourth-order valence-corrected chi connectivity index (χ4v) is 3.07. The van der Waals surface area contributed by atoms with E-state index in [-0.39, 0.29) is 0 Å². The van der Waals surface area contributed by atoms with E-state index in [9.17, 15) is 4.79 Å². The zero-order valence-electron chi connectivity index (χ0n) is 16.8. The number of benzene rings is 3. The molecule has 0 N–H and O–H groups in total. The lowest BCUT2D eigenvalue weighted by Crippen LogP contribution is -2.06. The second kappa shape index (κ2) is 10.7. The fourth-order valence-electron chi connectivity index (χ4n) is 2.82. The van der Waals surface area contributed by atoms with Crippen LogP contribution in [0.2, 0.25) is 5.02 Å². The monoisotopic (exact) mass is 394 g/mol. The largest absolute Gasteiger partial charge is 0.462 e. The molecule has 0 saturated carbocycles. The number of unbranched alkanes of at least 4 members (excludes halogenated alkanes) is 1. The number of fused-ring (bicyclic) bond motifs is 1. The van der Waals surface area contributed by atoms with Crippen LogP contribution in [0.1, 0.15) is 49.5 Å². The van der Waals surface area contributed by atoms with Crippen molar-refractivity contribution in [2.45, 2.75) is 33.6 Å². The molecule has 0 fully saturated rings. The molecule has 3 aromatic carbocycles. The van der Waals surface area contributed by atoms with E-state index < -0.39 is 5.97 Å². The highest BCUT2D eigenvalue weighted by atomic mass is 35.5. The van der Waals surface area contributed by atoms with Crippen molar-refractivity contribution < 1.29 is 9.53 Å². The Balaban J connectivity index is 0.000000640. The molecule has 0 saturated heterocycles. The minimum atomic E-state index is -0.417. The Kier molecular flexibility index (Phi) is 8.28. The number of carbonyl (C=O) groups is 1. The van der Waals surface area contributed by atoms with E-state index in [0.717, 1.165) is 27.5 Å². The van der Waals surface area contributed by atoms with Crippen molar-refractivity contribution in [2.75, 3.05) is 6.61 Å². The van der Waals surface area contributed by atoms with E-state index in [1.54, 1.807) is 25.1 Å². The van der Waals surface area contributed by atoms with Gasteiger partial charge in [0, 0.05) is 0 Å². The smallest absolute Gasteiger partial charge is 0.339 e. The van der Waals surface area contributed by atoms with Crippen molar-refractivity contribution in [3.63, 3.8) is 0 Å². The first-order valence-corrected chi connectivity index (χ1v) is 10.1. The van der Waals surface area contributed by atoms with Crippen molar-refractivity contribution in [3.8, 4) is 11.1 Å². The summed E-state index contributed by atoms with van der Waals surface area (Å²) in [7, 11) is 0. The van der Waals surface area contributed by atoms with Crippen molar-refractivity contribution in [1.29, 1.82) is 0 Å². The quantitative estimate of drug-likeness (QED) is 0.413. The lowest BCUT2D eigenvalue weighted by Gasteiger charge is -2.13. The molecular formula is C25H27ClO2. The average molecular weight is 395 g/mol. The van der Waals surface area contributed by atoms with Crippen LogP contribution in [0.3, 0.4) is 0 Å². The molecule has 146 valence electrons. The van der Waals surface area contributed by atoms with Crippen LogP contribution in [0.15, 0.2) is 61.2 Å². The van der Waals surface area contributed by atoms with Gasteiger partial charge < -0.3 is 4.74 Å². The molecule has 0 aliphatic heterocycles. The molecule has 28 heavy (non-hydrogen) atoms. The number of ether oxygens (including phenoxy) is 1. The zero-order chi connectivity index (χ0) is 20.5. The van der Waals surface area contributed by atoms with E-state index in [1.807, 2.05) is 24.3 Å². The lowest BCUT2D eigenvalue weighted by atomic mass is 9.93. The predicted molar refractivity (Wildman–Crippen MR) is 121 cm³/mol. The first-order valence-electron chi connectivity index (χ1n) is 9.68. The molecule has 0 spiro atoms. The summed E-state index contributed by atoms with van der Waals surface area (Å²) in [5.41, 5.74) is 3.19. The van der Waals surface area contributed by atoms with Gasteiger partial charge in [0.25, 0.3) is 0 Å². The van der Waals surface area contributed by atoms with Gasteiger partial charge in [-0.15, -0.1) is 0 Å². The molecule has 0 atom stereocenters. The Morgan fingerprint density at radius 3 is 2.32 bits per heavy atom. The second-order valence-corrected chi connectivity index (χ2v) is 6.78. The van der Waals surface area contributed by atoms with Crippen LogP contribution in [0, 0.1) is 0 Å². The van der Waals surface area contributed by atoms with Gasteiger partial charge in [0.2, 0.25) is 0 Å². The first-order chi connectivity index (χ1) is 13.6. The van der Waals surface area contributed by atoms with Gasteiger partial charge in [-0.2, -0.15) is 0 Å². The maximum atomic E-state index is 12.2. The first kappa shape index (κ1) is 21.7. The van der Waals surface area contributed by atoms with Crippen molar-refractivity contribution in [2.24, 2.45) is 0 Å². The molecule has 3 rings (SSSR count). The molecule has 0 amide bonds. The van der Waals surface area contributed by atoms with Gasteiger partial charge in [0.05, 0.1) is 17.2 Å². The molecule has 0 aliphatic rings. The number of hydrogen-bond acceptors (Lipinski definition) is 2. The maximum absolute atomic E-state index is 12.2. The van der Waals surface area contributed by atoms with E-state index in [0.29, 0.717) is 17.2 Å². The third-order valence-electron chi connectivity index (χ3n) is 4.43. The van der Waals surface area contributed by atoms with Crippen LogP contribution < -0.4 is 0 Å². The van der Waals surface area contributed by atoms with Crippen LogP contribution in [0.5, 0.6) is 0 Å². The molecule has 2 nitrogen and oxygen atoms in total. The van der Waals surface area contributed by atoms with E-state index >= 15 is 0 Å². The van der Waals surface area contributed by atoms with Gasteiger partial charge in [-0.05, 0) is 46.5 Å². The number of carbonyl (C=O) groups excluding carboxylic acids is 1. The summed E-state index contributed by atoms with van der Waals surface area (Å²) in [5.74, 6) is -0.417. The average Bonchev–Trinajstić information content (AvgIpc) is 2.73. The van der Waals surface area contributed by atoms with Crippen molar-refractivity contribution in [1.82, 2.24) is 0 Å². The fraction of sp³-hybridized carbons (Fsp3) is 0.240. The van der Waals surface area contributed by atoms with Gasteiger partial charge in [0.1, 0.15) is 0 Å².